The Morgan fingerprint density at radius 2 is 2.16 bits per heavy atom. The molecule has 3 heterocycles. The van der Waals surface area contributed by atoms with E-state index in [1.165, 1.54) is 18.5 Å². The van der Waals surface area contributed by atoms with Crippen LogP contribution in [0.25, 0.3) is 0 Å². The molecule has 0 spiro atoms. The van der Waals surface area contributed by atoms with E-state index >= 15 is 0 Å². The molecule has 1 aliphatic rings. The fourth-order valence-corrected chi connectivity index (χ4v) is 2.90. The topological polar surface area (TPSA) is 47.7 Å². The minimum atomic E-state index is 0.404. The number of hydrogen-bond acceptors (Lipinski definition) is 3. The number of rotatable bonds is 4. The number of nitrogens with zero attached hydrogens (tertiary/aromatic N) is 4. The Morgan fingerprint density at radius 1 is 1.32 bits per heavy atom. The van der Waals surface area contributed by atoms with Crippen LogP contribution in [-0.2, 0) is 6.54 Å². The Hall–Kier alpha value is -1.62. The van der Waals surface area contributed by atoms with E-state index in [1.54, 1.807) is 0 Å². The van der Waals surface area contributed by atoms with Gasteiger partial charge < -0.3 is 14.5 Å². The van der Waals surface area contributed by atoms with Gasteiger partial charge in [-0.2, -0.15) is 0 Å². The summed E-state index contributed by atoms with van der Waals surface area (Å²) in [6, 6.07) is 0.404. The highest BCUT2D eigenvalue weighted by atomic mass is 15.1. The summed E-state index contributed by atoms with van der Waals surface area (Å²) < 4.78 is 4.45. The van der Waals surface area contributed by atoms with Gasteiger partial charge in [-0.25, -0.2) is 9.97 Å². The molecule has 19 heavy (non-hydrogen) atoms. The molecule has 1 saturated heterocycles. The van der Waals surface area contributed by atoms with Gasteiger partial charge in [0.1, 0.15) is 0 Å². The molecular formula is C14H21N5. The van der Waals surface area contributed by atoms with E-state index in [0.29, 0.717) is 12.0 Å². The van der Waals surface area contributed by atoms with Crippen molar-refractivity contribution in [1.29, 1.82) is 0 Å². The molecule has 2 aromatic heterocycles. The largest absolute Gasteiger partial charge is 0.335 e. The van der Waals surface area contributed by atoms with Crippen molar-refractivity contribution in [3.05, 3.63) is 36.9 Å². The second-order valence-electron chi connectivity index (χ2n) is 5.36. The van der Waals surface area contributed by atoms with Crippen LogP contribution in [0.3, 0.4) is 0 Å². The first-order valence-electron chi connectivity index (χ1n) is 7.03. The third-order valence-electron chi connectivity index (χ3n) is 3.96. The molecule has 5 heteroatoms. The highest BCUT2D eigenvalue weighted by Gasteiger charge is 2.20. The van der Waals surface area contributed by atoms with Gasteiger partial charge in [0.2, 0.25) is 0 Å². The average molecular weight is 259 g/mol. The standard InChI is InChI=1S/C14H21N5/c1-12(9-18-7-6-16-10-18)19-11-17-8-14(19)13-2-4-15-5-3-13/h6-8,10-13,15H,2-5,9H2,1H3. The van der Waals surface area contributed by atoms with Gasteiger partial charge in [-0.05, 0) is 32.9 Å². The summed E-state index contributed by atoms with van der Waals surface area (Å²) in [5, 5.41) is 3.42. The summed E-state index contributed by atoms with van der Waals surface area (Å²) in [7, 11) is 0. The van der Waals surface area contributed by atoms with Crippen LogP contribution >= 0.6 is 0 Å². The van der Waals surface area contributed by atoms with Crippen LogP contribution in [-0.4, -0.2) is 32.2 Å². The van der Waals surface area contributed by atoms with Crippen LogP contribution < -0.4 is 5.32 Å². The zero-order chi connectivity index (χ0) is 13.1. The van der Waals surface area contributed by atoms with E-state index in [9.17, 15) is 0 Å². The first-order chi connectivity index (χ1) is 9.34. The van der Waals surface area contributed by atoms with Crippen LogP contribution in [0.1, 0.15) is 37.4 Å². The highest BCUT2D eigenvalue weighted by Crippen LogP contribution is 2.27. The number of nitrogens with one attached hydrogen (secondary N) is 1. The maximum absolute atomic E-state index is 4.37. The number of hydrogen-bond donors (Lipinski definition) is 1. The summed E-state index contributed by atoms with van der Waals surface area (Å²) in [6.07, 6.45) is 12.1. The summed E-state index contributed by atoms with van der Waals surface area (Å²) in [5.41, 5.74) is 1.38. The van der Waals surface area contributed by atoms with Crippen LogP contribution in [0.4, 0.5) is 0 Å². The maximum atomic E-state index is 4.37. The summed E-state index contributed by atoms with van der Waals surface area (Å²) in [4.78, 5) is 8.46. The number of piperidine rings is 1. The van der Waals surface area contributed by atoms with Crippen LogP contribution in [0.2, 0.25) is 0 Å². The lowest BCUT2D eigenvalue weighted by Crippen LogP contribution is -2.28. The molecule has 0 aromatic carbocycles. The summed E-state index contributed by atoms with van der Waals surface area (Å²) in [6.45, 7) is 5.41. The normalized spacial score (nSPS) is 18.6. The third kappa shape index (κ3) is 2.71. The van der Waals surface area contributed by atoms with E-state index in [2.05, 4.69) is 31.3 Å². The second-order valence-corrected chi connectivity index (χ2v) is 5.36. The molecule has 5 nitrogen and oxygen atoms in total. The number of imidazole rings is 2. The monoisotopic (exact) mass is 259 g/mol. The number of aromatic nitrogens is 4. The molecular weight excluding hydrogens is 238 g/mol. The lowest BCUT2D eigenvalue weighted by molar-refractivity contribution is 0.402. The minimum absolute atomic E-state index is 0.404. The Morgan fingerprint density at radius 3 is 2.89 bits per heavy atom. The molecule has 0 aliphatic carbocycles. The predicted molar refractivity (Wildman–Crippen MR) is 74.0 cm³/mol. The lowest BCUT2D eigenvalue weighted by Gasteiger charge is -2.26. The van der Waals surface area contributed by atoms with Gasteiger partial charge in [0.05, 0.1) is 12.7 Å². The molecule has 1 fully saturated rings. The molecule has 1 atom stereocenters. The Labute approximate surface area is 113 Å². The maximum Gasteiger partial charge on any atom is 0.0951 e. The van der Waals surface area contributed by atoms with Crippen LogP contribution in [0, 0.1) is 0 Å². The van der Waals surface area contributed by atoms with E-state index < -0.39 is 0 Å². The molecule has 1 aliphatic heterocycles. The molecule has 0 bridgehead atoms. The quantitative estimate of drug-likeness (QED) is 0.911. The Balaban J connectivity index is 1.75. The molecule has 0 amide bonds. The highest BCUT2D eigenvalue weighted by molar-refractivity contribution is 5.09. The SMILES string of the molecule is CC(Cn1ccnc1)n1cncc1C1CCNCC1. The zero-order valence-electron chi connectivity index (χ0n) is 11.4. The first kappa shape index (κ1) is 12.4. The fraction of sp³-hybridized carbons (Fsp3) is 0.571. The van der Waals surface area contributed by atoms with Crippen LogP contribution in [0.5, 0.6) is 0 Å². The van der Waals surface area contributed by atoms with E-state index in [-0.39, 0.29) is 0 Å². The molecule has 0 saturated carbocycles. The molecule has 0 radical (unpaired) electrons. The molecule has 1 unspecified atom stereocenters. The van der Waals surface area contributed by atoms with E-state index in [4.69, 9.17) is 0 Å². The molecule has 1 N–H and O–H groups in total. The van der Waals surface area contributed by atoms with Crippen molar-refractivity contribution in [1.82, 2.24) is 24.4 Å². The average Bonchev–Trinajstić information content (AvgIpc) is 3.10. The fourth-order valence-electron chi connectivity index (χ4n) is 2.90. The van der Waals surface area contributed by atoms with Crippen molar-refractivity contribution in [2.75, 3.05) is 13.1 Å². The lowest BCUT2D eigenvalue weighted by atomic mass is 9.94. The zero-order valence-corrected chi connectivity index (χ0v) is 11.4. The van der Waals surface area contributed by atoms with Gasteiger partial charge in [-0.1, -0.05) is 0 Å². The minimum Gasteiger partial charge on any atom is -0.335 e. The van der Waals surface area contributed by atoms with E-state index in [1.807, 2.05) is 31.2 Å². The summed E-state index contributed by atoms with van der Waals surface area (Å²) >= 11 is 0. The third-order valence-corrected chi connectivity index (χ3v) is 3.96. The van der Waals surface area contributed by atoms with Crippen molar-refractivity contribution in [3.63, 3.8) is 0 Å². The Bertz CT molecular complexity index is 496. The van der Waals surface area contributed by atoms with Gasteiger partial charge in [0.25, 0.3) is 0 Å². The predicted octanol–water partition coefficient (Wildman–Crippen LogP) is 1.81. The smallest absolute Gasteiger partial charge is 0.0951 e. The van der Waals surface area contributed by atoms with Gasteiger partial charge >= 0.3 is 0 Å². The summed E-state index contributed by atoms with van der Waals surface area (Å²) in [5.74, 6) is 0.647. The van der Waals surface area contributed by atoms with Gasteiger partial charge in [-0.15, -0.1) is 0 Å². The van der Waals surface area contributed by atoms with Crippen molar-refractivity contribution in [2.45, 2.75) is 38.3 Å². The molecule has 102 valence electrons. The molecule has 2 aromatic rings. The van der Waals surface area contributed by atoms with Crippen molar-refractivity contribution < 1.29 is 0 Å². The van der Waals surface area contributed by atoms with Gasteiger partial charge in [0.15, 0.2) is 0 Å². The second kappa shape index (κ2) is 5.57. The van der Waals surface area contributed by atoms with Crippen LogP contribution in [0.15, 0.2) is 31.2 Å². The molecule has 3 rings (SSSR count). The Kier molecular flexibility index (Phi) is 3.64. The van der Waals surface area contributed by atoms with Crippen molar-refractivity contribution >= 4 is 0 Å². The van der Waals surface area contributed by atoms with Crippen molar-refractivity contribution in [3.8, 4) is 0 Å². The van der Waals surface area contributed by atoms with Crippen molar-refractivity contribution in [2.24, 2.45) is 0 Å². The first-order valence-corrected chi connectivity index (χ1v) is 7.03. The van der Waals surface area contributed by atoms with E-state index in [0.717, 1.165) is 19.6 Å². The van der Waals surface area contributed by atoms with Gasteiger partial charge in [-0.3, -0.25) is 0 Å². The van der Waals surface area contributed by atoms with Gasteiger partial charge in [0, 0.05) is 42.8 Å².